The number of pyridine rings is 1. The van der Waals surface area contributed by atoms with Gasteiger partial charge in [-0.1, -0.05) is 6.07 Å². The van der Waals surface area contributed by atoms with Gasteiger partial charge in [0.25, 0.3) is 5.91 Å². The molecule has 1 aromatic heterocycles. The van der Waals surface area contributed by atoms with Gasteiger partial charge in [0.2, 0.25) is 0 Å². The van der Waals surface area contributed by atoms with Crippen molar-refractivity contribution in [3.8, 4) is 0 Å². The van der Waals surface area contributed by atoms with Crippen LogP contribution in [0, 0.1) is 0 Å². The normalized spacial score (nSPS) is 16.6. The van der Waals surface area contributed by atoms with Crippen LogP contribution >= 0.6 is 0 Å². The molecule has 6 heteroatoms. The van der Waals surface area contributed by atoms with Crippen molar-refractivity contribution in [3.05, 3.63) is 23.9 Å². The van der Waals surface area contributed by atoms with Gasteiger partial charge in [0.15, 0.2) is 0 Å². The number of hydrogen-bond donors (Lipinski definition) is 1. The van der Waals surface area contributed by atoms with E-state index in [1.54, 1.807) is 18.2 Å². The minimum Gasteiger partial charge on any atom is -0.384 e. The van der Waals surface area contributed by atoms with Crippen molar-refractivity contribution in [2.24, 2.45) is 0 Å². The van der Waals surface area contributed by atoms with E-state index in [-0.39, 0.29) is 5.91 Å². The van der Waals surface area contributed by atoms with E-state index in [0.717, 1.165) is 39.3 Å². The molecule has 0 spiro atoms. The average molecular weight is 277 g/mol. The molecule has 2 N–H and O–H groups in total. The van der Waals surface area contributed by atoms with Gasteiger partial charge in [0.05, 0.1) is 0 Å². The van der Waals surface area contributed by atoms with Crippen molar-refractivity contribution in [1.82, 2.24) is 19.7 Å². The van der Waals surface area contributed by atoms with E-state index in [1.165, 1.54) is 0 Å². The first-order valence-electron chi connectivity index (χ1n) is 6.95. The highest BCUT2D eigenvalue weighted by Crippen LogP contribution is 2.08. The fraction of sp³-hybridized carbons (Fsp3) is 0.571. The van der Waals surface area contributed by atoms with Crippen LogP contribution < -0.4 is 5.73 Å². The Morgan fingerprint density at radius 2 is 2.00 bits per heavy atom. The molecule has 1 aromatic rings. The van der Waals surface area contributed by atoms with Crippen LogP contribution in [0.3, 0.4) is 0 Å². The second kappa shape index (κ2) is 6.67. The number of hydrogen-bond acceptors (Lipinski definition) is 5. The van der Waals surface area contributed by atoms with Crippen molar-refractivity contribution >= 4 is 11.7 Å². The molecule has 1 aliphatic heterocycles. The molecular weight excluding hydrogens is 254 g/mol. The first-order valence-corrected chi connectivity index (χ1v) is 6.95. The molecule has 0 atom stereocenters. The second-order valence-corrected chi connectivity index (χ2v) is 5.38. The first kappa shape index (κ1) is 14.7. The summed E-state index contributed by atoms with van der Waals surface area (Å²) >= 11 is 0. The summed E-state index contributed by atoms with van der Waals surface area (Å²) in [4.78, 5) is 22.8. The molecular formula is C14H23N5O. The summed E-state index contributed by atoms with van der Waals surface area (Å²) in [6.45, 7) is 5.44. The molecule has 6 nitrogen and oxygen atoms in total. The van der Waals surface area contributed by atoms with E-state index in [2.05, 4.69) is 28.9 Å². The molecule has 1 amide bonds. The van der Waals surface area contributed by atoms with E-state index in [9.17, 15) is 4.79 Å². The van der Waals surface area contributed by atoms with Crippen LogP contribution in [0.5, 0.6) is 0 Å². The molecule has 1 fully saturated rings. The van der Waals surface area contributed by atoms with Crippen LogP contribution in [0.4, 0.5) is 5.82 Å². The number of aromatic nitrogens is 1. The van der Waals surface area contributed by atoms with E-state index in [1.807, 2.05) is 4.90 Å². The maximum atomic E-state index is 12.3. The number of nitrogens with zero attached hydrogens (tertiary/aromatic N) is 4. The Morgan fingerprint density at radius 3 is 2.60 bits per heavy atom. The molecule has 1 aliphatic rings. The summed E-state index contributed by atoms with van der Waals surface area (Å²) in [5.74, 6) is 0.366. The molecule has 0 bridgehead atoms. The lowest BCUT2D eigenvalue weighted by molar-refractivity contribution is 0.0624. The van der Waals surface area contributed by atoms with Gasteiger partial charge in [-0.15, -0.1) is 0 Å². The van der Waals surface area contributed by atoms with Crippen LogP contribution in [0.15, 0.2) is 18.2 Å². The third-order valence-corrected chi connectivity index (χ3v) is 3.51. The zero-order valence-corrected chi connectivity index (χ0v) is 12.2. The van der Waals surface area contributed by atoms with Crippen LogP contribution in [0.25, 0.3) is 0 Å². The molecule has 0 aliphatic carbocycles. The highest BCUT2D eigenvalue weighted by Gasteiger charge is 2.22. The SMILES string of the molecule is CN(C)CCN1CCN(C(=O)c2cccc(N)n2)CC1. The van der Waals surface area contributed by atoms with Gasteiger partial charge < -0.3 is 15.5 Å². The molecule has 20 heavy (non-hydrogen) atoms. The molecule has 0 radical (unpaired) electrons. The van der Waals surface area contributed by atoms with Crippen LogP contribution in [-0.2, 0) is 0 Å². The Labute approximate surface area is 120 Å². The van der Waals surface area contributed by atoms with Gasteiger partial charge in [-0.05, 0) is 26.2 Å². The number of amides is 1. The first-order chi connectivity index (χ1) is 9.56. The van der Waals surface area contributed by atoms with Gasteiger partial charge in [0.1, 0.15) is 11.5 Å². The fourth-order valence-corrected chi connectivity index (χ4v) is 2.25. The smallest absolute Gasteiger partial charge is 0.272 e. The largest absolute Gasteiger partial charge is 0.384 e. The van der Waals surface area contributed by atoms with Crippen LogP contribution in [-0.4, -0.2) is 79.0 Å². The number of piperazine rings is 1. The Morgan fingerprint density at radius 1 is 1.30 bits per heavy atom. The lowest BCUT2D eigenvalue weighted by atomic mass is 10.2. The van der Waals surface area contributed by atoms with E-state index in [4.69, 9.17) is 5.73 Å². The maximum Gasteiger partial charge on any atom is 0.272 e. The zero-order chi connectivity index (χ0) is 14.5. The monoisotopic (exact) mass is 277 g/mol. The maximum absolute atomic E-state index is 12.3. The topological polar surface area (TPSA) is 65.7 Å². The minimum atomic E-state index is -0.0236. The Kier molecular flexibility index (Phi) is 4.92. The third-order valence-electron chi connectivity index (χ3n) is 3.51. The Hall–Kier alpha value is -1.66. The zero-order valence-electron chi connectivity index (χ0n) is 12.2. The van der Waals surface area contributed by atoms with E-state index >= 15 is 0 Å². The molecule has 1 saturated heterocycles. The molecule has 0 aromatic carbocycles. The van der Waals surface area contributed by atoms with Crippen LogP contribution in [0.1, 0.15) is 10.5 Å². The number of rotatable bonds is 4. The highest BCUT2D eigenvalue weighted by molar-refractivity contribution is 5.92. The van der Waals surface area contributed by atoms with Gasteiger partial charge in [-0.25, -0.2) is 4.98 Å². The number of carbonyl (C=O) groups excluding carboxylic acids is 1. The molecule has 2 rings (SSSR count). The lowest BCUT2D eigenvalue weighted by Gasteiger charge is -2.35. The summed E-state index contributed by atoms with van der Waals surface area (Å²) in [7, 11) is 4.15. The summed E-state index contributed by atoms with van der Waals surface area (Å²) in [5, 5.41) is 0. The Bertz CT molecular complexity index is 455. The van der Waals surface area contributed by atoms with Crippen molar-refractivity contribution in [2.45, 2.75) is 0 Å². The van der Waals surface area contributed by atoms with Crippen molar-refractivity contribution in [1.29, 1.82) is 0 Å². The van der Waals surface area contributed by atoms with Gasteiger partial charge in [-0.2, -0.15) is 0 Å². The highest BCUT2D eigenvalue weighted by atomic mass is 16.2. The quantitative estimate of drug-likeness (QED) is 0.838. The minimum absolute atomic E-state index is 0.0236. The van der Waals surface area contributed by atoms with Gasteiger partial charge >= 0.3 is 0 Å². The lowest BCUT2D eigenvalue weighted by Crippen LogP contribution is -2.50. The Balaban J connectivity index is 1.86. The van der Waals surface area contributed by atoms with Crippen molar-refractivity contribution in [3.63, 3.8) is 0 Å². The molecule has 0 saturated carbocycles. The number of carbonyl (C=O) groups is 1. The van der Waals surface area contributed by atoms with Gasteiger partial charge in [0, 0.05) is 39.3 Å². The number of likely N-dealkylation sites (N-methyl/N-ethyl adjacent to an activating group) is 1. The van der Waals surface area contributed by atoms with Crippen molar-refractivity contribution in [2.75, 3.05) is 59.1 Å². The molecule has 110 valence electrons. The summed E-state index contributed by atoms with van der Waals surface area (Å²) in [5.41, 5.74) is 6.06. The summed E-state index contributed by atoms with van der Waals surface area (Å²) in [6, 6.07) is 5.18. The summed E-state index contributed by atoms with van der Waals surface area (Å²) in [6.07, 6.45) is 0. The van der Waals surface area contributed by atoms with Gasteiger partial charge in [-0.3, -0.25) is 9.69 Å². The number of anilines is 1. The standard InChI is InChI=1S/C14H23N5O/c1-17(2)6-7-18-8-10-19(11-9-18)14(20)12-4-3-5-13(15)16-12/h3-5H,6-11H2,1-2H3,(H2,15,16). The fourth-order valence-electron chi connectivity index (χ4n) is 2.25. The predicted octanol–water partition coefficient (Wildman–Crippen LogP) is -0.0168. The summed E-state index contributed by atoms with van der Waals surface area (Å²) < 4.78 is 0. The number of nitrogens with two attached hydrogens (primary N) is 1. The third kappa shape index (κ3) is 3.91. The molecule has 0 unspecified atom stereocenters. The average Bonchev–Trinajstić information content (AvgIpc) is 2.45. The number of nitrogen functional groups attached to an aromatic ring is 1. The van der Waals surface area contributed by atoms with E-state index in [0.29, 0.717) is 11.5 Å². The second-order valence-electron chi connectivity index (χ2n) is 5.38. The van der Waals surface area contributed by atoms with Crippen LogP contribution in [0.2, 0.25) is 0 Å². The molecule has 2 heterocycles. The van der Waals surface area contributed by atoms with Crippen molar-refractivity contribution < 1.29 is 4.79 Å². The van der Waals surface area contributed by atoms with E-state index < -0.39 is 0 Å². The predicted molar refractivity (Wildman–Crippen MR) is 79.5 cm³/mol.